The van der Waals surface area contributed by atoms with Gasteiger partial charge >= 0.3 is 36.0 Å². The number of rotatable bonds is 19. The Bertz CT molecular complexity index is 1230. The summed E-state index contributed by atoms with van der Waals surface area (Å²) in [6.07, 6.45) is -0.825. The first-order valence-corrected chi connectivity index (χ1v) is 17.6. The number of hydrogen-bond donors (Lipinski definition) is 4. The van der Waals surface area contributed by atoms with Crippen molar-refractivity contribution < 1.29 is 62.0 Å². The maximum atomic E-state index is 13.4. The maximum Gasteiger partial charge on any atom is 0.407 e. The fourth-order valence-electron chi connectivity index (χ4n) is 5.13. The van der Waals surface area contributed by atoms with Crippen molar-refractivity contribution in [3.63, 3.8) is 0 Å². The Labute approximate surface area is 303 Å². The number of hydrogen-bond acceptors (Lipinski definition) is 14. The summed E-state index contributed by atoms with van der Waals surface area (Å²) in [4.78, 5) is 85.4. The minimum atomic E-state index is -1.84. The molecule has 1 fully saturated rings. The number of unbranched alkanes of at least 4 members (excludes halogenated alkanes) is 3. The molecule has 17 nitrogen and oxygen atoms in total. The molecule has 0 radical (unpaired) electrons. The first kappa shape index (κ1) is 45.0. The zero-order valence-corrected chi connectivity index (χ0v) is 31.6. The lowest BCUT2D eigenvalue weighted by Crippen LogP contribution is -2.70. The molecular formula is C33H54N4O13S. The van der Waals surface area contributed by atoms with Gasteiger partial charge in [0.05, 0.1) is 19.2 Å². The molecule has 1 aliphatic heterocycles. The average Bonchev–Trinajstić information content (AvgIpc) is 3.01. The van der Waals surface area contributed by atoms with Crippen LogP contribution >= 0.6 is 11.8 Å². The summed E-state index contributed by atoms with van der Waals surface area (Å²) in [6.45, 7) is 13.7. The second-order valence-electron chi connectivity index (χ2n) is 12.7. The van der Waals surface area contributed by atoms with E-state index in [0.717, 1.165) is 52.5 Å². The molecular weight excluding hydrogens is 692 g/mol. The van der Waals surface area contributed by atoms with Crippen molar-refractivity contribution in [1.82, 2.24) is 21.3 Å². The van der Waals surface area contributed by atoms with Crippen LogP contribution in [-0.2, 0) is 52.4 Å². The topological polar surface area (TPSA) is 223 Å². The lowest BCUT2D eigenvalue weighted by Gasteiger charge is -2.49. The number of carbonyl (C=O) groups excluding carboxylic acids is 7. The molecule has 4 N–H and O–H groups in total. The van der Waals surface area contributed by atoms with Gasteiger partial charge in [0, 0.05) is 53.0 Å². The molecule has 0 aromatic rings. The van der Waals surface area contributed by atoms with Crippen molar-refractivity contribution in [1.29, 1.82) is 0 Å². The zero-order valence-electron chi connectivity index (χ0n) is 30.8. The van der Waals surface area contributed by atoms with Gasteiger partial charge in [0.1, 0.15) is 18.3 Å². The molecule has 1 rings (SSSR count). The summed E-state index contributed by atoms with van der Waals surface area (Å²) in [5.41, 5.74) is -0.586. The molecule has 51 heavy (non-hydrogen) atoms. The second kappa shape index (κ2) is 22.0. The molecule has 4 amide bonds. The predicted molar refractivity (Wildman–Crippen MR) is 185 cm³/mol. The minimum Gasteiger partial charge on any atom is -0.466 e. The predicted octanol–water partition coefficient (Wildman–Crippen LogP) is 2.25. The molecule has 0 spiro atoms. The molecule has 0 aromatic heterocycles. The zero-order chi connectivity index (χ0) is 38.8. The van der Waals surface area contributed by atoms with Crippen molar-refractivity contribution in [3.8, 4) is 0 Å². The van der Waals surface area contributed by atoms with Gasteiger partial charge in [0.25, 0.3) is 0 Å². The van der Waals surface area contributed by atoms with Crippen LogP contribution in [-0.4, -0.2) is 115 Å². The van der Waals surface area contributed by atoms with E-state index in [4.69, 9.17) is 28.4 Å². The summed E-state index contributed by atoms with van der Waals surface area (Å²) in [7, 11) is 1.14. The number of amides is 4. The minimum absolute atomic E-state index is 0.178. The Hall–Kier alpha value is -4.06. The van der Waals surface area contributed by atoms with Gasteiger partial charge in [-0.3, -0.25) is 19.2 Å². The lowest BCUT2D eigenvalue weighted by atomic mass is 9.87. The summed E-state index contributed by atoms with van der Waals surface area (Å²) in [5.74, 6) is -3.61. The highest BCUT2D eigenvalue weighted by Gasteiger charge is 2.57. The molecule has 6 atom stereocenters. The van der Waals surface area contributed by atoms with Gasteiger partial charge in [0.2, 0.25) is 10.8 Å². The van der Waals surface area contributed by atoms with Gasteiger partial charge in [-0.05, 0) is 33.6 Å². The monoisotopic (exact) mass is 746 g/mol. The van der Waals surface area contributed by atoms with E-state index >= 15 is 0 Å². The SMILES string of the molecule is C=CCS[C@]1(C(=O)OC)C[C@H](NC(=O)NCCCCCCNC(=O)OC(C)(C)C)[C@@H](NC(C)=O)[C@H]([C@H](OC(C)=O)[C@@H](COC(C)=O)OC(C)=O)O1. The van der Waals surface area contributed by atoms with Crippen LogP contribution in [0.5, 0.6) is 0 Å². The molecule has 0 saturated carbocycles. The number of ether oxygens (including phenoxy) is 6. The van der Waals surface area contributed by atoms with E-state index in [2.05, 4.69) is 27.8 Å². The van der Waals surface area contributed by atoms with Crippen molar-refractivity contribution >= 4 is 53.7 Å². The fourth-order valence-corrected chi connectivity index (χ4v) is 6.20. The van der Waals surface area contributed by atoms with E-state index in [1.165, 1.54) is 13.0 Å². The van der Waals surface area contributed by atoms with Crippen LogP contribution in [0.3, 0.4) is 0 Å². The number of alkyl carbamates (subject to hydrolysis) is 1. The number of methoxy groups -OCH3 is 1. The summed E-state index contributed by atoms with van der Waals surface area (Å²) >= 11 is 0.981. The number of thioether (sulfide) groups is 1. The van der Waals surface area contributed by atoms with Crippen LogP contribution in [0, 0.1) is 0 Å². The molecule has 1 heterocycles. The molecule has 1 saturated heterocycles. The van der Waals surface area contributed by atoms with Gasteiger partial charge in [-0.2, -0.15) is 0 Å². The normalized spacial score (nSPS) is 21.1. The highest BCUT2D eigenvalue weighted by Crippen LogP contribution is 2.42. The Kier molecular flexibility index (Phi) is 19.4. The van der Waals surface area contributed by atoms with E-state index in [1.807, 2.05) is 0 Å². The average molecular weight is 747 g/mol. The number of esters is 4. The molecule has 18 heteroatoms. The highest BCUT2D eigenvalue weighted by molar-refractivity contribution is 8.01. The third-order valence-electron chi connectivity index (χ3n) is 7.04. The van der Waals surface area contributed by atoms with E-state index in [1.54, 1.807) is 20.8 Å². The molecule has 0 unspecified atom stereocenters. The summed E-state index contributed by atoms with van der Waals surface area (Å²) < 4.78 is 32.8. The standard InChI is InChI=1S/C33H54N4O13S/c1-10-17-51-33(29(42)45-9)18-24(37-30(43)34-15-13-11-12-14-16-35-31(44)50-32(6,7)8)26(36-20(2)38)28(49-33)27(48-23(5)41)25(47-22(4)40)19-46-21(3)39/h10,24-28H,1,11-19H2,2-9H3,(H,35,44)(H,36,38)(H2,34,37,43)/t24-,25+,26+,27+,28+,33-/m0/s1. The third-order valence-corrected chi connectivity index (χ3v) is 8.34. The number of urea groups is 1. The van der Waals surface area contributed by atoms with Crippen molar-refractivity contribution in [2.45, 2.75) is 121 Å². The molecule has 1 aliphatic rings. The van der Waals surface area contributed by atoms with Gasteiger partial charge in [0.15, 0.2) is 12.2 Å². The summed E-state index contributed by atoms with van der Waals surface area (Å²) in [5, 5.41) is 11.0. The van der Waals surface area contributed by atoms with Crippen LogP contribution in [0.25, 0.3) is 0 Å². The van der Waals surface area contributed by atoms with Crippen LogP contribution in [0.1, 0.15) is 80.6 Å². The van der Waals surface area contributed by atoms with Crippen molar-refractivity contribution in [2.24, 2.45) is 0 Å². The summed E-state index contributed by atoms with van der Waals surface area (Å²) in [6, 6.07) is -2.85. The fraction of sp³-hybridized carbons (Fsp3) is 0.727. The maximum absolute atomic E-state index is 13.4. The molecule has 0 aliphatic carbocycles. The van der Waals surface area contributed by atoms with Gasteiger partial charge in [-0.25, -0.2) is 14.4 Å². The first-order chi connectivity index (χ1) is 23.8. The van der Waals surface area contributed by atoms with E-state index in [-0.39, 0.29) is 18.7 Å². The van der Waals surface area contributed by atoms with Crippen LogP contribution in [0.2, 0.25) is 0 Å². The molecule has 0 aromatic carbocycles. The van der Waals surface area contributed by atoms with Crippen LogP contribution in [0.4, 0.5) is 9.59 Å². The Morgan fingerprint density at radius 1 is 0.902 bits per heavy atom. The number of nitrogens with one attached hydrogen (secondary N) is 4. The smallest absolute Gasteiger partial charge is 0.407 e. The largest absolute Gasteiger partial charge is 0.466 e. The highest BCUT2D eigenvalue weighted by atomic mass is 32.2. The van der Waals surface area contributed by atoms with Gasteiger partial charge in [-0.1, -0.05) is 18.9 Å². The van der Waals surface area contributed by atoms with Crippen molar-refractivity contribution in [3.05, 3.63) is 12.7 Å². The lowest BCUT2D eigenvalue weighted by molar-refractivity contribution is -0.211. The third kappa shape index (κ3) is 17.1. The first-order valence-electron chi connectivity index (χ1n) is 16.6. The van der Waals surface area contributed by atoms with E-state index < -0.39 is 89.4 Å². The van der Waals surface area contributed by atoms with Gasteiger partial charge in [-0.15, -0.1) is 18.3 Å². The molecule has 0 bridgehead atoms. The number of carbonyl (C=O) groups is 7. The van der Waals surface area contributed by atoms with Crippen LogP contribution < -0.4 is 21.3 Å². The van der Waals surface area contributed by atoms with Crippen LogP contribution in [0.15, 0.2) is 12.7 Å². The second-order valence-corrected chi connectivity index (χ2v) is 14.0. The Balaban J connectivity index is 3.30. The Morgan fingerprint density at radius 2 is 1.51 bits per heavy atom. The quantitative estimate of drug-likeness (QED) is 0.0645. The van der Waals surface area contributed by atoms with Crippen molar-refractivity contribution in [2.75, 3.05) is 32.6 Å². The van der Waals surface area contributed by atoms with E-state index in [0.29, 0.717) is 19.4 Å². The van der Waals surface area contributed by atoms with E-state index in [9.17, 15) is 33.6 Å². The molecule has 290 valence electrons. The Morgan fingerprint density at radius 3 is 2.02 bits per heavy atom. The van der Waals surface area contributed by atoms with Gasteiger partial charge < -0.3 is 49.7 Å².